The summed E-state index contributed by atoms with van der Waals surface area (Å²) in [7, 11) is 0. The van der Waals surface area contributed by atoms with Crippen molar-refractivity contribution >= 4 is 33.3 Å². The van der Waals surface area contributed by atoms with Gasteiger partial charge in [0.2, 0.25) is 0 Å². The van der Waals surface area contributed by atoms with E-state index < -0.39 is 5.97 Å². The topological polar surface area (TPSA) is 62.2 Å². The summed E-state index contributed by atoms with van der Waals surface area (Å²) in [5.74, 6) is -0.983. The van der Waals surface area contributed by atoms with E-state index in [4.69, 9.17) is 5.11 Å². The lowest BCUT2D eigenvalue weighted by atomic mass is 10.2. The number of anilines is 2. The number of rotatable bonds is 3. The number of halogens is 1. The minimum Gasteiger partial charge on any atom is -0.478 e. The number of aryl methyl sites for hydroxylation is 1. The van der Waals surface area contributed by atoms with Gasteiger partial charge in [-0.15, -0.1) is 0 Å². The third kappa shape index (κ3) is 2.68. The summed E-state index contributed by atoms with van der Waals surface area (Å²) in [4.78, 5) is 15.0. The molecule has 0 aliphatic heterocycles. The number of hydrogen-bond donors (Lipinski definition) is 2. The number of hydrogen-bond acceptors (Lipinski definition) is 3. The van der Waals surface area contributed by atoms with Crippen molar-refractivity contribution in [2.24, 2.45) is 0 Å². The summed E-state index contributed by atoms with van der Waals surface area (Å²) in [6.07, 6.45) is 2.96. The van der Waals surface area contributed by atoms with E-state index in [-0.39, 0.29) is 5.56 Å². The van der Waals surface area contributed by atoms with Gasteiger partial charge in [0.1, 0.15) is 0 Å². The van der Waals surface area contributed by atoms with Gasteiger partial charge in [0.05, 0.1) is 23.1 Å². The van der Waals surface area contributed by atoms with Gasteiger partial charge in [0.15, 0.2) is 0 Å². The zero-order chi connectivity index (χ0) is 13.1. The van der Waals surface area contributed by atoms with Crippen molar-refractivity contribution in [3.05, 3.63) is 52.3 Å². The number of benzene rings is 1. The number of nitrogens with one attached hydrogen (secondary N) is 1. The summed E-state index contributed by atoms with van der Waals surface area (Å²) in [5.41, 5.74) is 2.56. The van der Waals surface area contributed by atoms with Gasteiger partial charge >= 0.3 is 5.97 Å². The third-order valence-corrected chi connectivity index (χ3v) is 3.13. The Kier molecular flexibility index (Phi) is 3.62. The van der Waals surface area contributed by atoms with Crippen LogP contribution in [-0.2, 0) is 0 Å². The van der Waals surface area contributed by atoms with Crippen LogP contribution >= 0.6 is 15.9 Å². The lowest BCUT2D eigenvalue weighted by Crippen LogP contribution is -2.03. The molecule has 0 amide bonds. The molecule has 0 unspecified atom stereocenters. The lowest BCUT2D eigenvalue weighted by Gasteiger charge is -2.11. The largest absolute Gasteiger partial charge is 0.478 e. The second-order valence-corrected chi connectivity index (χ2v) is 4.69. The van der Waals surface area contributed by atoms with Crippen molar-refractivity contribution in [3.8, 4) is 0 Å². The zero-order valence-electron chi connectivity index (χ0n) is 9.64. The third-order valence-electron chi connectivity index (χ3n) is 2.44. The minimum atomic E-state index is -0.983. The summed E-state index contributed by atoms with van der Waals surface area (Å²) >= 11 is 3.42. The summed E-state index contributed by atoms with van der Waals surface area (Å²) in [6.45, 7) is 1.97. The monoisotopic (exact) mass is 306 g/mol. The fourth-order valence-electron chi connectivity index (χ4n) is 1.56. The molecule has 2 N–H and O–H groups in total. The molecule has 0 saturated carbocycles. The Bertz CT molecular complexity index is 599. The maximum Gasteiger partial charge on any atom is 0.337 e. The average Bonchev–Trinajstić information content (AvgIpc) is 2.34. The summed E-state index contributed by atoms with van der Waals surface area (Å²) in [6, 6.07) is 7.28. The molecular formula is C13H11BrN2O2. The molecule has 0 bridgehead atoms. The van der Waals surface area contributed by atoms with E-state index in [0.29, 0.717) is 5.69 Å². The molecule has 1 heterocycles. The highest BCUT2D eigenvalue weighted by atomic mass is 79.9. The van der Waals surface area contributed by atoms with Crippen molar-refractivity contribution in [1.29, 1.82) is 0 Å². The number of pyridine rings is 1. The van der Waals surface area contributed by atoms with Crippen LogP contribution in [0.15, 0.2) is 41.1 Å². The lowest BCUT2D eigenvalue weighted by molar-refractivity contribution is 0.0698. The van der Waals surface area contributed by atoms with Gasteiger partial charge in [-0.1, -0.05) is 6.07 Å². The second-order valence-electron chi connectivity index (χ2n) is 3.83. The molecule has 0 aliphatic carbocycles. The molecular weight excluding hydrogens is 296 g/mol. The molecule has 5 heteroatoms. The fraction of sp³-hybridized carbons (Fsp3) is 0.0769. The van der Waals surface area contributed by atoms with Crippen LogP contribution in [0, 0.1) is 6.92 Å². The quantitative estimate of drug-likeness (QED) is 0.909. The van der Waals surface area contributed by atoms with E-state index in [9.17, 15) is 4.79 Å². The molecule has 4 nitrogen and oxygen atoms in total. The van der Waals surface area contributed by atoms with Gasteiger partial charge in [-0.25, -0.2) is 4.79 Å². The second kappa shape index (κ2) is 5.18. The van der Waals surface area contributed by atoms with Gasteiger partial charge in [-0.2, -0.15) is 0 Å². The smallest absolute Gasteiger partial charge is 0.337 e. The molecule has 0 saturated heterocycles. The number of aromatic nitrogens is 1. The SMILES string of the molecule is Cc1ccc(Br)c(Nc2cnccc2C(=O)O)c1. The van der Waals surface area contributed by atoms with Crippen LogP contribution in [0.25, 0.3) is 0 Å². The maximum absolute atomic E-state index is 11.1. The first kappa shape index (κ1) is 12.6. The van der Waals surface area contributed by atoms with Crippen molar-refractivity contribution in [2.45, 2.75) is 6.92 Å². The molecule has 1 aromatic carbocycles. The summed E-state index contributed by atoms with van der Waals surface area (Å²) in [5, 5.41) is 12.2. The Balaban J connectivity index is 2.40. The molecule has 0 fully saturated rings. The van der Waals surface area contributed by atoms with E-state index in [1.807, 2.05) is 25.1 Å². The van der Waals surface area contributed by atoms with Crippen molar-refractivity contribution in [1.82, 2.24) is 4.98 Å². The standard InChI is InChI=1S/C13H11BrN2O2/c1-8-2-3-10(14)11(6-8)16-12-7-15-5-4-9(12)13(17)18/h2-7,16H,1H3,(H,17,18). The highest BCUT2D eigenvalue weighted by Crippen LogP contribution is 2.28. The van der Waals surface area contributed by atoms with Crippen LogP contribution in [0.2, 0.25) is 0 Å². The van der Waals surface area contributed by atoms with Crippen molar-refractivity contribution in [3.63, 3.8) is 0 Å². The number of nitrogens with zero attached hydrogens (tertiary/aromatic N) is 1. The van der Waals surface area contributed by atoms with E-state index in [0.717, 1.165) is 15.7 Å². The van der Waals surface area contributed by atoms with Crippen LogP contribution in [0.1, 0.15) is 15.9 Å². The van der Waals surface area contributed by atoms with Crippen LogP contribution < -0.4 is 5.32 Å². The Morgan fingerprint density at radius 1 is 1.33 bits per heavy atom. The predicted octanol–water partition coefficient (Wildman–Crippen LogP) is 3.59. The van der Waals surface area contributed by atoms with Crippen LogP contribution in [-0.4, -0.2) is 16.1 Å². The van der Waals surface area contributed by atoms with Crippen LogP contribution in [0.3, 0.4) is 0 Å². The molecule has 2 rings (SSSR count). The van der Waals surface area contributed by atoms with Gasteiger partial charge in [0.25, 0.3) is 0 Å². The maximum atomic E-state index is 11.1. The molecule has 0 spiro atoms. The van der Waals surface area contributed by atoms with Crippen molar-refractivity contribution in [2.75, 3.05) is 5.32 Å². The summed E-state index contributed by atoms with van der Waals surface area (Å²) < 4.78 is 0.869. The average molecular weight is 307 g/mol. The Hall–Kier alpha value is -1.88. The minimum absolute atomic E-state index is 0.193. The molecule has 18 heavy (non-hydrogen) atoms. The molecule has 0 radical (unpaired) electrons. The molecule has 92 valence electrons. The highest BCUT2D eigenvalue weighted by Gasteiger charge is 2.10. The van der Waals surface area contributed by atoms with Crippen LogP contribution in [0.5, 0.6) is 0 Å². The first-order chi connectivity index (χ1) is 8.58. The van der Waals surface area contributed by atoms with E-state index in [2.05, 4.69) is 26.2 Å². The van der Waals surface area contributed by atoms with Gasteiger partial charge in [0, 0.05) is 10.7 Å². The molecule has 2 aromatic rings. The number of carbonyl (C=O) groups is 1. The van der Waals surface area contributed by atoms with Gasteiger partial charge < -0.3 is 10.4 Å². The zero-order valence-corrected chi connectivity index (χ0v) is 11.2. The normalized spacial score (nSPS) is 10.1. The van der Waals surface area contributed by atoms with E-state index in [1.54, 1.807) is 0 Å². The fourth-order valence-corrected chi connectivity index (χ4v) is 1.91. The van der Waals surface area contributed by atoms with Gasteiger partial charge in [-0.3, -0.25) is 4.98 Å². The number of carboxylic acid groups (broad SMARTS) is 1. The highest BCUT2D eigenvalue weighted by molar-refractivity contribution is 9.10. The number of carboxylic acids is 1. The number of aromatic carboxylic acids is 1. The Morgan fingerprint density at radius 3 is 2.83 bits per heavy atom. The molecule has 0 aliphatic rings. The predicted molar refractivity (Wildman–Crippen MR) is 73.4 cm³/mol. The Morgan fingerprint density at radius 2 is 2.11 bits per heavy atom. The first-order valence-corrected chi connectivity index (χ1v) is 6.07. The molecule has 0 atom stereocenters. The van der Waals surface area contributed by atoms with E-state index >= 15 is 0 Å². The first-order valence-electron chi connectivity index (χ1n) is 5.28. The van der Waals surface area contributed by atoms with E-state index in [1.165, 1.54) is 18.5 Å². The molecule has 1 aromatic heterocycles. The van der Waals surface area contributed by atoms with Crippen LogP contribution in [0.4, 0.5) is 11.4 Å². The Labute approximate surface area is 113 Å². The van der Waals surface area contributed by atoms with Crippen molar-refractivity contribution < 1.29 is 9.90 Å². The van der Waals surface area contributed by atoms with Gasteiger partial charge in [-0.05, 0) is 46.6 Å².